The summed E-state index contributed by atoms with van der Waals surface area (Å²) in [5.41, 5.74) is 2.16. The van der Waals surface area contributed by atoms with Gasteiger partial charge in [-0.1, -0.05) is 69.6 Å². The molecular formula is C26H42N4O3. The molecule has 0 fully saturated rings. The lowest BCUT2D eigenvalue weighted by Gasteiger charge is -2.08. The zero-order valence-electron chi connectivity index (χ0n) is 20.5. The molecule has 0 atom stereocenters. The Kier molecular flexibility index (Phi) is 13.0. The lowest BCUT2D eigenvalue weighted by Crippen LogP contribution is -2.22. The first-order chi connectivity index (χ1) is 16.1. The van der Waals surface area contributed by atoms with E-state index in [0.717, 1.165) is 50.6 Å². The Morgan fingerprint density at radius 2 is 1.76 bits per heavy atom. The number of aromatic hydroxyl groups is 1. The predicted molar refractivity (Wildman–Crippen MR) is 131 cm³/mol. The highest BCUT2D eigenvalue weighted by Crippen LogP contribution is 2.26. The molecule has 2 N–H and O–H groups in total. The molecule has 0 unspecified atom stereocenters. The van der Waals surface area contributed by atoms with Gasteiger partial charge in [0.2, 0.25) is 5.91 Å². The minimum atomic E-state index is 0.0593. The van der Waals surface area contributed by atoms with Crippen molar-refractivity contribution >= 4 is 5.91 Å². The molecule has 0 bridgehead atoms. The van der Waals surface area contributed by atoms with E-state index in [1.165, 1.54) is 51.3 Å². The molecule has 0 saturated carbocycles. The van der Waals surface area contributed by atoms with Gasteiger partial charge in [0.1, 0.15) is 0 Å². The number of benzene rings is 1. The second-order valence-electron chi connectivity index (χ2n) is 8.77. The van der Waals surface area contributed by atoms with Gasteiger partial charge < -0.3 is 15.2 Å². The maximum Gasteiger partial charge on any atom is 0.220 e. The number of carbonyl (C=O) groups excluding carboxylic acids is 1. The molecule has 1 aromatic heterocycles. The van der Waals surface area contributed by atoms with Crippen molar-refractivity contribution in [1.29, 1.82) is 0 Å². The molecule has 1 heterocycles. The average Bonchev–Trinajstić information content (AvgIpc) is 3.27. The number of amides is 1. The van der Waals surface area contributed by atoms with E-state index in [0.29, 0.717) is 18.7 Å². The monoisotopic (exact) mass is 458 g/mol. The third-order valence-corrected chi connectivity index (χ3v) is 5.99. The van der Waals surface area contributed by atoms with Gasteiger partial charge in [0.15, 0.2) is 11.5 Å². The van der Waals surface area contributed by atoms with E-state index in [1.807, 2.05) is 6.20 Å². The summed E-state index contributed by atoms with van der Waals surface area (Å²) >= 11 is 0. The van der Waals surface area contributed by atoms with Gasteiger partial charge >= 0.3 is 0 Å². The van der Waals surface area contributed by atoms with Crippen molar-refractivity contribution in [2.75, 3.05) is 7.11 Å². The smallest absolute Gasteiger partial charge is 0.220 e. The Bertz CT molecular complexity index is 807. The maximum atomic E-state index is 12.1. The number of nitrogens with one attached hydrogen (secondary N) is 1. The Morgan fingerprint density at radius 3 is 2.55 bits per heavy atom. The number of ether oxygens (including phenoxy) is 1. The Labute approximate surface area is 198 Å². The number of hydrogen-bond donors (Lipinski definition) is 2. The highest BCUT2D eigenvalue weighted by atomic mass is 16.5. The first-order valence-electron chi connectivity index (χ1n) is 12.6. The fourth-order valence-electron chi connectivity index (χ4n) is 3.95. The van der Waals surface area contributed by atoms with Crippen LogP contribution in [0.4, 0.5) is 0 Å². The molecule has 0 aliphatic heterocycles. The van der Waals surface area contributed by atoms with Gasteiger partial charge in [-0.15, -0.1) is 5.10 Å². The molecular weight excluding hydrogens is 416 g/mol. The van der Waals surface area contributed by atoms with Crippen molar-refractivity contribution in [3.63, 3.8) is 0 Å². The van der Waals surface area contributed by atoms with Crippen molar-refractivity contribution in [3.8, 4) is 11.5 Å². The molecule has 2 rings (SSSR count). The number of rotatable bonds is 18. The second kappa shape index (κ2) is 16.1. The van der Waals surface area contributed by atoms with E-state index in [1.54, 1.807) is 18.2 Å². The Hall–Kier alpha value is -2.57. The number of nitrogens with zero attached hydrogens (tertiary/aromatic N) is 3. The number of phenolic OH excluding ortho intramolecular Hbond substituents is 1. The summed E-state index contributed by atoms with van der Waals surface area (Å²) in [6, 6.07) is 5.10. The van der Waals surface area contributed by atoms with E-state index in [-0.39, 0.29) is 11.7 Å². The maximum absolute atomic E-state index is 12.1. The summed E-state index contributed by atoms with van der Waals surface area (Å²) in [5.74, 6) is 0.580. The third kappa shape index (κ3) is 10.7. The van der Waals surface area contributed by atoms with Crippen LogP contribution in [0.1, 0.15) is 95.2 Å². The molecule has 33 heavy (non-hydrogen) atoms. The van der Waals surface area contributed by atoms with Crippen molar-refractivity contribution in [3.05, 3.63) is 35.7 Å². The minimum absolute atomic E-state index is 0.0593. The van der Waals surface area contributed by atoms with Crippen LogP contribution in [0.25, 0.3) is 0 Å². The van der Waals surface area contributed by atoms with Crippen LogP contribution in [0.5, 0.6) is 11.5 Å². The van der Waals surface area contributed by atoms with Crippen LogP contribution in [-0.4, -0.2) is 33.1 Å². The number of phenols is 1. The average molecular weight is 459 g/mol. The van der Waals surface area contributed by atoms with E-state index >= 15 is 0 Å². The van der Waals surface area contributed by atoms with E-state index in [4.69, 9.17) is 4.74 Å². The lowest BCUT2D eigenvalue weighted by atomic mass is 10.1. The molecule has 7 nitrogen and oxygen atoms in total. The molecule has 0 spiro atoms. The highest BCUT2D eigenvalue weighted by Gasteiger charge is 2.06. The summed E-state index contributed by atoms with van der Waals surface area (Å²) in [6.45, 7) is 3.62. The van der Waals surface area contributed by atoms with Crippen LogP contribution in [-0.2, 0) is 24.3 Å². The molecule has 2 aromatic rings. The number of hydrogen-bond acceptors (Lipinski definition) is 5. The Morgan fingerprint density at radius 1 is 1.03 bits per heavy atom. The van der Waals surface area contributed by atoms with Gasteiger partial charge in [-0.3, -0.25) is 4.79 Å². The summed E-state index contributed by atoms with van der Waals surface area (Å²) < 4.78 is 7.16. The SMILES string of the molecule is CCCCCCCCc1cnnn1CCCCCCCC(=O)NCc1ccc(O)c(OC)c1. The van der Waals surface area contributed by atoms with Gasteiger partial charge in [-0.05, 0) is 43.4 Å². The van der Waals surface area contributed by atoms with Gasteiger partial charge in [0.25, 0.3) is 0 Å². The molecule has 1 amide bonds. The Balaban J connectivity index is 1.50. The van der Waals surface area contributed by atoms with E-state index < -0.39 is 0 Å². The summed E-state index contributed by atoms with van der Waals surface area (Å²) in [5, 5.41) is 20.9. The minimum Gasteiger partial charge on any atom is -0.504 e. The van der Waals surface area contributed by atoms with Crippen LogP contribution in [0.15, 0.2) is 24.4 Å². The first-order valence-corrected chi connectivity index (χ1v) is 12.6. The van der Waals surface area contributed by atoms with Crippen LogP contribution in [0.2, 0.25) is 0 Å². The van der Waals surface area contributed by atoms with Crippen molar-refractivity contribution in [1.82, 2.24) is 20.3 Å². The van der Waals surface area contributed by atoms with Crippen molar-refractivity contribution in [2.24, 2.45) is 0 Å². The van der Waals surface area contributed by atoms with Crippen LogP contribution < -0.4 is 10.1 Å². The summed E-state index contributed by atoms with van der Waals surface area (Å²) in [4.78, 5) is 12.1. The lowest BCUT2D eigenvalue weighted by molar-refractivity contribution is -0.121. The van der Waals surface area contributed by atoms with Gasteiger partial charge in [0.05, 0.1) is 19.0 Å². The molecule has 0 saturated heterocycles. The van der Waals surface area contributed by atoms with Crippen LogP contribution in [0, 0.1) is 0 Å². The molecule has 7 heteroatoms. The predicted octanol–water partition coefficient (Wildman–Crippen LogP) is 5.55. The largest absolute Gasteiger partial charge is 0.504 e. The van der Waals surface area contributed by atoms with Gasteiger partial charge in [0, 0.05) is 19.5 Å². The zero-order valence-corrected chi connectivity index (χ0v) is 20.5. The van der Waals surface area contributed by atoms with Gasteiger partial charge in [-0.2, -0.15) is 0 Å². The quantitative estimate of drug-likeness (QED) is 0.286. The number of aromatic nitrogens is 3. The number of carbonyl (C=O) groups is 1. The fraction of sp³-hybridized carbons (Fsp3) is 0.654. The third-order valence-electron chi connectivity index (χ3n) is 5.99. The number of aryl methyl sites for hydroxylation is 2. The zero-order chi connectivity index (χ0) is 23.7. The van der Waals surface area contributed by atoms with Gasteiger partial charge in [-0.25, -0.2) is 4.68 Å². The second-order valence-corrected chi connectivity index (χ2v) is 8.77. The molecule has 1 aromatic carbocycles. The summed E-state index contributed by atoms with van der Waals surface area (Å²) in [6.07, 6.45) is 16.7. The first kappa shape index (κ1) is 26.7. The van der Waals surface area contributed by atoms with Crippen molar-refractivity contribution in [2.45, 2.75) is 103 Å². The molecule has 0 aliphatic rings. The molecule has 0 radical (unpaired) electrons. The van der Waals surface area contributed by atoms with E-state index in [2.05, 4.69) is 27.2 Å². The number of unbranched alkanes of at least 4 members (excludes halogenated alkanes) is 9. The topological polar surface area (TPSA) is 89.3 Å². The molecule has 184 valence electrons. The van der Waals surface area contributed by atoms with Crippen LogP contribution >= 0.6 is 0 Å². The fourth-order valence-corrected chi connectivity index (χ4v) is 3.95. The van der Waals surface area contributed by atoms with Crippen LogP contribution in [0.3, 0.4) is 0 Å². The molecule has 0 aliphatic carbocycles. The highest BCUT2D eigenvalue weighted by molar-refractivity contribution is 5.75. The number of methoxy groups -OCH3 is 1. The van der Waals surface area contributed by atoms with Crippen molar-refractivity contribution < 1.29 is 14.6 Å². The standard InChI is InChI=1S/C26H42N4O3/c1-3-4-5-6-8-11-14-23-21-28-29-30(23)18-13-10-7-9-12-15-26(32)27-20-22-16-17-24(31)25(19-22)33-2/h16-17,19,21,31H,3-15,18,20H2,1-2H3,(H,27,32). The van der Waals surface area contributed by atoms with E-state index in [9.17, 15) is 9.90 Å². The summed E-state index contributed by atoms with van der Waals surface area (Å²) in [7, 11) is 1.51. The normalized spacial score (nSPS) is 11.0.